The van der Waals surface area contributed by atoms with Crippen LogP contribution in [0.4, 0.5) is 0 Å². The molecule has 126 valence electrons. The zero-order chi connectivity index (χ0) is 17.0. The molecule has 0 aliphatic rings. The van der Waals surface area contributed by atoms with Crippen LogP contribution in [-0.4, -0.2) is 56.0 Å². The van der Waals surface area contributed by atoms with Crippen molar-refractivity contribution in [1.82, 2.24) is 24.1 Å². The van der Waals surface area contributed by atoms with Crippen molar-refractivity contribution < 1.29 is 12.9 Å². The van der Waals surface area contributed by atoms with Crippen molar-refractivity contribution in [1.29, 1.82) is 0 Å². The van der Waals surface area contributed by atoms with E-state index in [1.54, 1.807) is 0 Å². The van der Waals surface area contributed by atoms with E-state index in [0.717, 1.165) is 16.4 Å². The van der Waals surface area contributed by atoms with Gasteiger partial charge in [-0.25, -0.2) is 0 Å². The molecule has 0 aliphatic carbocycles. The van der Waals surface area contributed by atoms with Crippen LogP contribution in [0.2, 0.25) is 0 Å². The summed E-state index contributed by atoms with van der Waals surface area (Å²) in [6, 6.07) is 7.83. The van der Waals surface area contributed by atoms with Gasteiger partial charge in [-0.3, -0.25) is 0 Å². The summed E-state index contributed by atoms with van der Waals surface area (Å²) in [5, 5.41) is 3.88. The Morgan fingerprint density at radius 2 is 1.78 bits per heavy atom. The van der Waals surface area contributed by atoms with Crippen molar-refractivity contribution in [3.8, 4) is 11.4 Å². The van der Waals surface area contributed by atoms with E-state index in [9.17, 15) is 8.42 Å². The maximum atomic E-state index is 11.6. The fourth-order valence-corrected chi connectivity index (χ4v) is 2.41. The molecule has 0 unspecified atom stereocenters. The number of hydrogen-bond donors (Lipinski definition) is 1. The van der Waals surface area contributed by atoms with Gasteiger partial charge in [0.05, 0.1) is 6.54 Å². The van der Waals surface area contributed by atoms with Gasteiger partial charge in [0.1, 0.15) is 0 Å². The lowest BCUT2D eigenvalue weighted by Gasteiger charge is -2.10. The Morgan fingerprint density at radius 3 is 2.35 bits per heavy atom. The molecule has 0 saturated heterocycles. The van der Waals surface area contributed by atoms with Crippen molar-refractivity contribution in [3.63, 3.8) is 0 Å². The fraction of sp³-hybridized carbons (Fsp3) is 0.429. The molecule has 0 spiro atoms. The molecule has 0 fully saturated rings. The van der Waals surface area contributed by atoms with Crippen molar-refractivity contribution in [2.45, 2.75) is 13.1 Å². The molecule has 0 amide bonds. The van der Waals surface area contributed by atoms with Gasteiger partial charge in [0.2, 0.25) is 11.7 Å². The van der Waals surface area contributed by atoms with Crippen molar-refractivity contribution >= 4 is 10.2 Å². The average Bonchev–Trinajstić information content (AvgIpc) is 2.94. The van der Waals surface area contributed by atoms with Crippen LogP contribution in [0.3, 0.4) is 0 Å². The highest BCUT2D eigenvalue weighted by molar-refractivity contribution is 7.87. The Labute approximate surface area is 136 Å². The van der Waals surface area contributed by atoms with Crippen molar-refractivity contribution in [3.05, 3.63) is 35.7 Å². The smallest absolute Gasteiger partial charge is 0.279 e. The Kier molecular flexibility index (Phi) is 5.47. The van der Waals surface area contributed by atoms with Crippen LogP contribution >= 0.6 is 0 Å². The summed E-state index contributed by atoms with van der Waals surface area (Å²) in [5.41, 5.74) is 2.00. The van der Waals surface area contributed by atoms with Crippen LogP contribution < -0.4 is 4.72 Å². The van der Waals surface area contributed by atoms with Gasteiger partial charge in [-0.15, -0.1) is 0 Å². The van der Waals surface area contributed by atoms with E-state index in [2.05, 4.69) is 19.8 Å². The van der Waals surface area contributed by atoms with Gasteiger partial charge < -0.3 is 9.42 Å². The summed E-state index contributed by atoms with van der Waals surface area (Å²) in [7, 11) is 3.38. The van der Waals surface area contributed by atoms with Crippen LogP contribution in [0, 0.1) is 0 Å². The van der Waals surface area contributed by atoms with Crippen LogP contribution in [0.1, 0.15) is 11.5 Å². The van der Waals surface area contributed by atoms with E-state index in [-0.39, 0.29) is 12.4 Å². The first-order valence-corrected chi connectivity index (χ1v) is 8.45. The zero-order valence-electron chi connectivity index (χ0n) is 13.6. The number of nitrogens with one attached hydrogen (secondary N) is 1. The second-order valence-electron chi connectivity index (χ2n) is 5.55. The summed E-state index contributed by atoms with van der Waals surface area (Å²) in [4.78, 5) is 6.28. The van der Waals surface area contributed by atoms with Gasteiger partial charge >= 0.3 is 0 Å². The minimum Gasteiger partial charge on any atom is -0.338 e. The standard InChI is InChI=1S/C14H21N5O3S/c1-18(2)10-11-5-7-12(8-6-11)14-16-13(22-17-14)9-15-23(20,21)19(3)4/h5-8,15H,9-10H2,1-4H3. The summed E-state index contributed by atoms with van der Waals surface area (Å²) < 4.78 is 31.8. The minimum absolute atomic E-state index is 0.0494. The van der Waals surface area contributed by atoms with Gasteiger partial charge in [0, 0.05) is 26.2 Å². The number of aromatic nitrogens is 2. The Balaban J connectivity index is 2.04. The molecular weight excluding hydrogens is 318 g/mol. The maximum absolute atomic E-state index is 11.6. The molecule has 1 heterocycles. The molecule has 23 heavy (non-hydrogen) atoms. The van der Waals surface area contributed by atoms with E-state index in [1.165, 1.54) is 19.7 Å². The first kappa shape index (κ1) is 17.5. The fourth-order valence-electron chi connectivity index (χ4n) is 1.85. The number of hydrogen-bond acceptors (Lipinski definition) is 6. The third-order valence-electron chi connectivity index (χ3n) is 3.07. The largest absolute Gasteiger partial charge is 0.338 e. The van der Waals surface area contributed by atoms with Gasteiger partial charge in [-0.2, -0.15) is 22.4 Å². The maximum Gasteiger partial charge on any atom is 0.279 e. The summed E-state index contributed by atoms with van der Waals surface area (Å²) in [5.74, 6) is 0.642. The van der Waals surface area contributed by atoms with Crippen LogP contribution in [-0.2, 0) is 23.3 Å². The quantitative estimate of drug-likeness (QED) is 0.798. The predicted molar refractivity (Wildman–Crippen MR) is 86.6 cm³/mol. The molecule has 0 saturated carbocycles. The zero-order valence-corrected chi connectivity index (χ0v) is 14.5. The monoisotopic (exact) mass is 339 g/mol. The Morgan fingerprint density at radius 1 is 1.13 bits per heavy atom. The highest BCUT2D eigenvalue weighted by atomic mass is 32.2. The molecule has 1 aromatic carbocycles. The second-order valence-corrected chi connectivity index (χ2v) is 7.52. The lowest BCUT2D eigenvalue weighted by Crippen LogP contribution is -2.35. The minimum atomic E-state index is -3.52. The normalized spacial score (nSPS) is 12.3. The molecule has 0 bridgehead atoms. The molecule has 0 atom stereocenters. The predicted octanol–water partition coefficient (Wildman–Crippen LogP) is 0.694. The molecule has 8 nitrogen and oxygen atoms in total. The van der Waals surface area contributed by atoms with Crippen molar-refractivity contribution in [2.75, 3.05) is 28.2 Å². The van der Waals surface area contributed by atoms with E-state index in [4.69, 9.17) is 4.52 Å². The molecule has 1 aromatic heterocycles. The molecule has 2 rings (SSSR count). The van der Waals surface area contributed by atoms with E-state index in [1.807, 2.05) is 38.4 Å². The van der Waals surface area contributed by atoms with Gasteiger partial charge in [-0.05, 0) is 19.7 Å². The third-order valence-corrected chi connectivity index (χ3v) is 4.54. The van der Waals surface area contributed by atoms with E-state index in [0.29, 0.717) is 5.82 Å². The third kappa shape index (κ3) is 4.83. The van der Waals surface area contributed by atoms with Crippen molar-refractivity contribution in [2.24, 2.45) is 0 Å². The average molecular weight is 339 g/mol. The van der Waals surface area contributed by atoms with Gasteiger partial charge in [-0.1, -0.05) is 29.4 Å². The molecule has 2 aromatic rings. The summed E-state index contributed by atoms with van der Waals surface area (Å²) in [6.45, 7) is 0.802. The van der Waals surface area contributed by atoms with Gasteiger partial charge in [0.15, 0.2) is 0 Å². The first-order valence-electron chi connectivity index (χ1n) is 7.01. The number of rotatable bonds is 7. The second kappa shape index (κ2) is 7.18. The molecule has 0 aliphatic heterocycles. The highest BCUT2D eigenvalue weighted by Crippen LogP contribution is 2.17. The molecule has 0 radical (unpaired) electrons. The summed E-state index contributed by atoms with van der Waals surface area (Å²) in [6.07, 6.45) is 0. The van der Waals surface area contributed by atoms with Crippen LogP contribution in [0.25, 0.3) is 11.4 Å². The Bertz CT molecular complexity index is 738. The number of nitrogens with zero attached hydrogens (tertiary/aromatic N) is 4. The Hall–Kier alpha value is -1.81. The SMILES string of the molecule is CN(C)Cc1ccc(-c2noc(CNS(=O)(=O)N(C)C)n2)cc1. The topological polar surface area (TPSA) is 91.6 Å². The summed E-state index contributed by atoms with van der Waals surface area (Å²) >= 11 is 0. The van der Waals surface area contributed by atoms with Gasteiger partial charge in [0.25, 0.3) is 10.2 Å². The highest BCUT2D eigenvalue weighted by Gasteiger charge is 2.15. The van der Waals surface area contributed by atoms with E-state index < -0.39 is 10.2 Å². The lowest BCUT2D eigenvalue weighted by atomic mass is 10.1. The number of benzene rings is 1. The molecular formula is C14H21N5O3S. The first-order chi connectivity index (χ1) is 10.8. The van der Waals surface area contributed by atoms with Crippen LogP contribution in [0.15, 0.2) is 28.8 Å². The lowest BCUT2D eigenvalue weighted by molar-refractivity contribution is 0.374. The molecule has 1 N–H and O–H groups in total. The molecule has 9 heteroatoms. The van der Waals surface area contributed by atoms with E-state index >= 15 is 0 Å². The van der Waals surface area contributed by atoms with Crippen LogP contribution in [0.5, 0.6) is 0 Å².